The third kappa shape index (κ3) is 8.15. The standard InChI is InChI=1S/C21H30ClN3O2S2/c1-4-5-6-7-8-12-25(18-10-9-16(22)14-23-18)13-11-17-15-28-20(24-17)29-21(2,3)19(26)27/h9-10,14-15H,4-8,11-13H2,1-3H3,(H,26,27). The van der Waals surface area contributed by atoms with Crippen LogP contribution in [0.1, 0.15) is 58.6 Å². The van der Waals surface area contributed by atoms with Gasteiger partial charge in [0.15, 0.2) is 4.34 Å². The third-order valence-electron chi connectivity index (χ3n) is 4.59. The first-order valence-corrected chi connectivity index (χ1v) is 12.1. The van der Waals surface area contributed by atoms with Crippen molar-refractivity contribution in [3.8, 4) is 0 Å². The number of carboxylic acid groups (broad SMARTS) is 1. The average Bonchev–Trinajstić information content (AvgIpc) is 3.11. The van der Waals surface area contributed by atoms with Crippen molar-refractivity contribution in [2.75, 3.05) is 18.0 Å². The molecule has 0 spiro atoms. The van der Waals surface area contributed by atoms with Gasteiger partial charge in [-0.2, -0.15) is 0 Å². The molecule has 0 aliphatic heterocycles. The maximum Gasteiger partial charge on any atom is 0.319 e. The first kappa shape index (κ1) is 24.0. The van der Waals surface area contributed by atoms with E-state index in [4.69, 9.17) is 11.6 Å². The molecule has 8 heteroatoms. The number of pyridine rings is 1. The van der Waals surface area contributed by atoms with Crippen LogP contribution < -0.4 is 4.90 Å². The Kier molecular flexibility index (Phi) is 9.72. The Balaban J connectivity index is 1.96. The molecule has 2 aromatic rings. The van der Waals surface area contributed by atoms with Crippen molar-refractivity contribution in [1.29, 1.82) is 0 Å². The Bertz CT molecular complexity index is 766. The van der Waals surface area contributed by atoms with Crippen LogP contribution in [0.5, 0.6) is 0 Å². The highest BCUT2D eigenvalue weighted by atomic mass is 35.5. The minimum atomic E-state index is -0.882. The number of rotatable bonds is 13. The predicted molar refractivity (Wildman–Crippen MR) is 124 cm³/mol. The van der Waals surface area contributed by atoms with Crippen LogP contribution in [-0.2, 0) is 11.2 Å². The molecule has 0 bridgehead atoms. The van der Waals surface area contributed by atoms with E-state index in [-0.39, 0.29) is 0 Å². The molecular formula is C21H30ClN3O2S2. The van der Waals surface area contributed by atoms with Gasteiger partial charge in [-0.1, -0.05) is 56.0 Å². The largest absolute Gasteiger partial charge is 0.480 e. The van der Waals surface area contributed by atoms with E-state index < -0.39 is 10.7 Å². The van der Waals surface area contributed by atoms with Gasteiger partial charge in [-0.25, -0.2) is 9.97 Å². The van der Waals surface area contributed by atoms with Gasteiger partial charge >= 0.3 is 5.97 Å². The van der Waals surface area contributed by atoms with Crippen molar-refractivity contribution in [3.63, 3.8) is 0 Å². The molecule has 0 fully saturated rings. The highest BCUT2D eigenvalue weighted by Gasteiger charge is 2.29. The second-order valence-corrected chi connectivity index (χ2v) is 10.7. The van der Waals surface area contributed by atoms with Gasteiger partial charge in [0.25, 0.3) is 0 Å². The molecule has 0 radical (unpaired) electrons. The molecule has 0 saturated heterocycles. The zero-order chi connectivity index (χ0) is 21.3. The van der Waals surface area contributed by atoms with Crippen LogP contribution in [0, 0.1) is 0 Å². The molecule has 0 aliphatic rings. The van der Waals surface area contributed by atoms with Crippen LogP contribution >= 0.6 is 34.7 Å². The molecule has 5 nitrogen and oxygen atoms in total. The minimum Gasteiger partial charge on any atom is -0.480 e. The lowest BCUT2D eigenvalue weighted by atomic mass is 10.1. The highest BCUT2D eigenvalue weighted by molar-refractivity contribution is 8.02. The molecule has 0 amide bonds. The molecular weight excluding hydrogens is 426 g/mol. The number of halogens is 1. The molecule has 0 aliphatic carbocycles. The van der Waals surface area contributed by atoms with E-state index >= 15 is 0 Å². The second kappa shape index (κ2) is 11.8. The number of hydrogen-bond donors (Lipinski definition) is 1. The molecule has 0 unspecified atom stereocenters. The summed E-state index contributed by atoms with van der Waals surface area (Å²) in [5, 5.41) is 12.0. The molecule has 2 rings (SSSR count). The van der Waals surface area contributed by atoms with Crippen molar-refractivity contribution in [2.45, 2.75) is 68.4 Å². The van der Waals surface area contributed by atoms with Gasteiger partial charge < -0.3 is 10.0 Å². The maximum atomic E-state index is 11.3. The molecule has 2 heterocycles. The molecule has 2 aromatic heterocycles. The van der Waals surface area contributed by atoms with Crippen LogP contribution in [0.15, 0.2) is 28.0 Å². The summed E-state index contributed by atoms with van der Waals surface area (Å²) in [6.45, 7) is 7.40. The van der Waals surface area contributed by atoms with Crippen molar-refractivity contribution in [2.24, 2.45) is 0 Å². The summed E-state index contributed by atoms with van der Waals surface area (Å²) < 4.78 is -0.0875. The summed E-state index contributed by atoms with van der Waals surface area (Å²) in [5.74, 6) is 0.101. The summed E-state index contributed by atoms with van der Waals surface area (Å²) in [5.41, 5.74) is 0.989. The maximum absolute atomic E-state index is 11.3. The third-order valence-corrected chi connectivity index (χ3v) is 6.99. The summed E-state index contributed by atoms with van der Waals surface area (Å²) >= 11 is 8.80. The summed E-state index contributed by atoms with van der Waals surface area (Å²) in [4.78, 5) is 22.7. The van der Waals surface area contributed by atoms with Gasteiger partial charge in [0.1, 0.15) is 10.6 Å². The number of carbonyl (C=O) groups is 1. The van der Waals surface area contributed by atoms with Crippen LogP contribution in [-0.4, -0.2) is 38.9 Å². The second-order valence-electron chi connectivity index (χ2n) is 7.51. The fourth-order valence-electron chi connectivity index (χ4n) is 2.76. The highest BCUT2D eigenvalue weighted by Crippen LogP contribution is 2.34. The number of carboxylic acids is 1. The van der Waals surface area contributed by atoms with Gasteiger partial charge in [-0.3, -0.25) is 4.79 Å². The average molecular weight is 456 g/mol. The van der Waals surface area contributed by atoms with Gasteiger partial charge in [0, 0.05) is 31.1 Å². The lowest BCUT2D eigenvalue weighted by molar-refractivity contribution is -0.138. The predicted octanol–water partition coefficient (Wildman–Crippen LogP) is 6.17. The summed E-state index contributed by atoms with van der Waals surface area (Å²) in [6, 6.07) is 3.84. The van der Waals surface area contributed by atoms with Crippen LogP contribution in [0.2, 0.25) is 5.02 Å². The van der Waals surface area contributed by atoms with E-state index in [2.05, 4.69) is 21.8 Å². The van der Waals surface area contributed by atoms with E-state index in [0.29, 0.717) is 5.02 Å². The summed E-state index contributed by atoms with van der Waals surface area (Å²) in [7, 11) is 0. The van der Waals surface area contributed by atoms with E-state index in [1.807, 2.05) is 17.5 Å². The normalized spacial score (nSPS) is 11.6. The molecule has 29 heavy (non-hydrogen) atoms. The van der Waals surface area contributed by atoms with Crippen LogP contribution in [0.3, 0.4) is 0 Å². The van der Waals surface area contributed by atoms with E-state index in [1.54, 1.807) is 20.0 Å². The molecule has 1 N–H and O–H groups in total. The first-order chi connectivity index (χ1) is 13.8. The monoisotopic (exact) mass is 455 g/mol. The molecule has 160 valence electrons. The Hall–Kier alpha value is -1.31. The Morgan fingerprint density at radius 3 is 2.66 bits per heavy atom. The zero-order valence-corrected chi connectivity index (χ0v) is 19.7. The Labute approximate surface area is 186 Å². The van der Waals surface area contributed by atoms with Gasteiger partial charge in [-0.15, -0.1) is 11.3 Å². The van der Waals surface area contributed by atoms with Gasteiger partial charge in [-0.05, 0) is 32.4 Å². The van der Waals surface area contributed by atoms with E-state index in [1.165, 1.54) is 48.8 Å². The Morgan fingerprint density at radius 2 is 2.00 bits per heavy atom. The van der Waals surface area contributed by atoms with E-state index in [9.17, 15) is 9.90 Å². The van der Waals surface area contributed by atoms with Crippen molar-refractivity contribution >= 4 is 46.5 Å². The van der Waals surface area contributed by atoms with Crippen LogP contribution in [0.25, 0.3) is 0 Å². The number of unbranched alkanes of at least 4 members (excludes halogenated alkanes) is 4. The SMILES string of the molecule is CCCCCCCN(CCc1csc(SC(C)(C)C(=O)O)n1)c1ccc(Cl)cn1. The number of anilines is 1. The number of thiazole rings is 1. The number of aromatic nitrogens is 2. The fraction of sp³-hybridized carbons (Fsp3) is 0.571. The van der Waals surface area contributed by atoms with Crippen LogP contribution in [0.4, 0.5) is 5.82 Å². The van der Waals surface area contributed by atoms with Gasteiger partial charge in [0.05, 0.1) is 10.7 Å². The molecule has 0 atom stereocenters. The smallest absolute Gasteiger partial charge is 0.319 e. The van der Waals surface area contributed by atoms with Crippen molar-refractivity contribution in [1.82, 2.24) is 9.97 Å². The summed E-state index contributed by atoms with van der Waals surface area (Å²) in [6.07, 6.45) is 8.63. The lowest BCUT2D eigenvalue weighted by Gasteiger charge is -2.23. The van der Waals surface area contributed by atoms with Crippen molar-refractivity contribution < 1.29 is 9.90 Å². The van der Waals surface area contributed by atoms with Gasteiger partial charge in [0.2, 0.25) is 0 Å². The molecule has 0 saturated carbocycles. The fourth-order valence-corrected chi connectivity index (χ4v) is 5.10. The number of aliphatic carboxylic acids is 1. The van der Waals surface area contributed by atoms with Crippen molar-refractivity contribution in [3.05, 3.63) is 34.4 Å². The number of thioether (sulfide) groups is 1. The number of nitrogens with zero attached hydrogens (tertiary/aromatic N) is 3. The topological polar surface area (TPSA) is 66.3 Å². The number of hydrogen-bond acceptors (Lipinski definition) is 6. The minimum absolute atomic E-state index is 0.638. The first-order valence-electron chi connectivity index (χ1n) is 10.0. The van der Waals surface area contributed by atoms with E-state index in [0.717, 1.165) is 41.8 Å². The Morgan fingerprint density at radius 1 is 1.24 bits per heavy atom. The lowest BCUT2D eigenvalue weighted by Crippen LogP contribution is -2.28. The quantitative estimate of drug-likeness (QED) is 0.288. The zero-order valence-electron chi connectivity index (χ0n) is 17.4. The molecule has 0 aromatic carbocycles.